The number of aromatic nitrogens is 4. The fourth-order valence-corrected chi connectivity index (χ4v) is 6.22. The number of rotatable bonds is 3. The highest BCUT2D eigenvalue weighted by molar-refractivity contribution is 5.76. The summed E-state index contributed by atoms with van der Waals surface area (Å²) in [6.07, 6.45) is 7.29. The summed E-state index contributed by atoms with van der Waals surface area (Å²) >= 11 is 0. The first kappa shape index (κ1) is 26.4. The lowest BCUT2D eigenvalue weighted by Gasteiger charge is -2.32. The summed E-state index contributed by atoms with van der Waals surface area (Å²) in [7, 11) is 1.94. The van der Waals surface area contributed by atoms with Crippen molar-refractivity contribution in [2.24, 2.45) is 7.05 Å². The van der Waals surface area contributed by atoms with Gasteiger partial charge in [0.25, 0.3) is 0 Å². The zero-order valence-electron chi connectivity index (χ0n) is 24.2. The molecule has 0 bridgehead atoms. The summed E-state index contributed by atoms with van der Waals surface area (Å²) in [6.45, 7) is 10.7. The van der Waals surface area contributed by atoms with Crippen molar-refractivity contribution in [1.29, 1.82) is 0 Å². The van der Waals surface area contributed by atoms with E-state index < -0.39 is 5.60 Å². The molecule has 2 aromatic heterocycles. The average Bonchev–Trinajstić information content (AvgIpc) is 3.65. The molecule has 1 unspecified atom stereocenters. The van der Waals surface area contributed by atoms with E-state index in [0.717, 1.165) is 54.7 Å². The first-order chi connectivity index (χ1) is 19.1. The smallest absolute Gasteiger partial charge is 0.410 e. The Morgan fingerprint density at radius 1 is 1.05 bits per heavy atom. The Kier molecular flexibility index (Phi) is 6.59. The topological polar surface area (TPSA) is 88.7 Å². The van der Waals surface area contributed by atoms with Gasteiger partial charge in [-0.25, -0.2) is 4.79 Å². The number of fused-ring (bicyclic) bond motifs is 2. The first-order valence-corrected chi connectivity index (χ1v) is 14.3. The van der Waals surface area contributed by atoms with Crippen molar-refractivity contribution in [2.45, 2.75) is 71.6 Å². The molecule has 0 aliphatic carbocycles. The summed E-state index contributed by atoms with van der Waals surface area (Å²) in [5.41, 5.74) is 6.53. The molecule has 1 atom stereocenters. The number of amides is 2. The van der Waals surface area contributed by atoms with Gasteiger partial charge < -0.3 is 19.4 Å². The summed E-state index contributed by atoms with van der Waals surface area (Å²) in [4.78, 5) is 31.2. The monoisotopic (exact) mass is 545 g/mol. The van der Waals surface area contributed by atoms with Gasteiger partial charge in [0.2, 0.25) is 5.91 Å². The highest BCUT2D eigenvalue weighted by atomic mass is 16.6. The molecule has 212 valence electrons. The zero-order valence-corrected chi connectivity index (χ0v) is 24.2. The number of carbonyl (C=O) groups excluding carboxylic acids is 2. The SMILES string of the molecule is CC(=O)N1CCc2c(c(N3CCCc4cc(-c5cnn(C)c5)ccc43)nn2C2CCN(C(=O)OC(C)(C)C)C2)C1. The molecule has 0 radical (unpaired) electrons. The number of anilines is 2. The molecule has 2 amide bonds. The molecule has 1 saturated heterocycles. The lowest BCUT2D eigenvalue weighted by molar-refractivity contribution is -0.129. The molecule has 0 spiro atoms. The Bertz CT molecular complexity index is 1450. The Morgan fingerprint density at radius 2 is 1.88 bits per heavy atom. The van der Waals surface area contributed by atoms with Gasteiger partial charge in [0.1, 0.15) is 5.60 Å². The van der Waals surface area contributed by atoms with E-state index >= 15 is 0 Å². The maximum absolute atomic E-state index is 12.8. The van der Waals surface area contributed by atoms with Gasteiger partial charge in [-0.2, -0.15) is 10.2 Å². The van der Waals surface area contributed by atoms with Crippen LogP contribution in [0.4, 0.5) is 16.3 Å². The molecule has 3 aromatic rings. The number of aryl methyl sites for hydroxylation is 2. The summed E-state index contributed by atoms with van der Waals surface area (Å²) in [5.74, 6) is 1.02. The summed E-state index contributed by atoms with van der Waals surface area (Å²) in [6, 6.07) is 6.72. The van der Waals surface area contributed by atoms with Crippen LogP contribution in [0.1, 0.15) is 63.4 Å². The van der Waals surface area contributed by atoms with Gasteiger partial charge in [-0.05, 0) is 63.3 Å². The van der Waals surface area contributed by atoms with Crippen LogP contribution in [0.2, 0.25) is 0 Å². The Hall–Kier alpha value is -3.82. The van der Waals surface area contributed by atoms with E-state index in [0.29, 0.717) is 26.2 Å². The van der Waals surface area contributed by atoms with Crippen molar-refractivity contribution in [3.05, 3.63) is 47.4 Å². The van der Waals surface area contributed by atoms with Crippen molar-refractivity contribution in [1.82, 2.24) is 29.4 Å². The van der Waals surface area contributed by atoms with Gasteiger partial charge in [0.15, 0.2) is 5.82 Å². The standard InChI is InChI=1S/C30H39N7O3/c1-20(38)34-14-11-27-25(19-34)28(32-37(27)24-10-13-35(18-24)29(39)40-30(2,3)4)36-12-6-7-22-15-21(8-9-26(22)36)23-16-31-33(5)17-23/h8-9,15-17,24H,6-7,10-14,18-19H2,1-5H3. The van der Waals surface area contributed by atoms with Crippen molar-refractivity contribution >= 4 is 23.5 Å². The van der Waals surface area contributed by atoms with Gasteiger partial charge in [0.05, 0.1) is 18.8 Å². The van der Waals surface area contributed by atoms with Crippen molar-refractivity contribution in [2.75, 3.05) is 31.1 Å². The maximum Gasteiger partial charge on any atom is 0.410 e. The van der Waals surface area contributed by atoms with Crippen molar-refractivity contribution in [3.8, 4) is 11.1 Å². The third-order valence-electron chi connectivity index (χ3n) is 8.16. The molecule has 1 aromatic carbocycles. The number of benzene rings is 1. The molecule has 1 fully saturated rings. The predicted molar refractivity (Wildman–Crippen MR) is 152 cm³/mol. The van der Waals surface area contributed by atoms with Crippen LogP contribution < -0.4 is 4.90 Å². The minimum absolute atomic E-state index is 0.0797. The van der Waals surface area contributed by atoms with Gasteiger partial charge >= 0.3 is 6.09 Å². The molecule has 10 nitrogen and oxygen atoms in total. The third-order valence-corrected chi connectivity index (χ3v) is 8.16. The Morgan fingerprint density at radius 3 is 2.60 bits per heavy atom. The highest BCUT2D eigenvalue weighted by Gasteiger charge is 2.36. The van der Waals surface area contributed by atoms with Gasteiger partial charge in [-0.15, -0.1) is 0 Å². The van der Waals surface area contributed by atoms with Crippen LogP contribution in [-0.2, 0) is 36.0 Å². The molecular formula is C30H39N7O3. The van der Waals surface area contributed by atoms with Crippen LogP contribution in [0, 0.1) is 0 Å². The van der Waals surface area contributed by atoms with E-state index in [1.165, 1.54) is 16.9 Å². The minimum Gasteiger partial charge on any atom is -0.444 e. The molecular weight excluding hydrogens is 506 g/mol. The molecule has 0 N–H and O–H groups in total. The van der Waals surface area contributed by atoms with E-state index in [1.807, 2.05) is 49.8 Å². The fraction of sp³-hybridized carbons (Fsp3) is 0.533. The van der Waals surface area contributed by atoms with Crippen molar-refractivity contribution in [3.63, 3.8) is 0 Å². The number of carbonyl (C=O) groups is 2. The predicted octanol–water partition coefficient (Wildman–Crippen LogP) is 4.45. The van der Waals surface area contributed by atoms with E-state index in [1.54, 1.807) is 11.8 Å². The van der Waals surface area contributed by atoms with Crippen LogP contribution in [0.3, 0.4) is 0 Å². The van der Waals surface area contributed by atoms with Crippen LogP contribution in [-0.4, -0.2) is 73.1 Å². The molecule has 3 aliphatic rings. The zero-order chi connectivity index (χ0) is 28.2. The number of hydrogen-bond donors (Lipinski definition) is 0. The molecule has 6 rings (SSSR count). The second-order valence-electron chi connectivity index (χ2n) is 12.3. The van der Waals surface area contributed by atoms with Crippen LogP contribution in [0.25, 0.3) is 11.1 Å². The summed E-state index contributed by atoms with van der Waals surface area (Å²) < 4.78 is 9.63. The van der Waals surface area contributed by atoms with E-state index in [9.17, 15) is 9.59 Å². The number of likely N-dealkylation sites (tertiary alicyclic amines) is 1. The van der Waals surface area contributed by atoms with Crippen LogP contribution in [0.5, 0.6) is 0 Å². The van der Waals surface area contributed by atoms with Gasteiger partial charge in [-0.1, -0.05) is 6.07 Å². The first-order valence-electron chi connectivity index (χ1n) is 14.3. The highest BCUT2D eigenvalue weighted by Crippen LogP contribution is 2.40. The van der Waals surface area contributed by atoms with Gasteiger partial charge in [0, 0.05) is 75.3 Å². The Balaban J connectivity index is 1.34. The van der Waals surface area contributed by atoms with Crippen LogP contribution in [0.15, 0.2) is 30.6 Å². The maximum atomic E-state index is 12.8. The number of nitrogens with zero attached hydrogens (tertiary/aromatic N) is 7. The average molecular weight is 546 g/mol. The minimum atomic E-state index is -0.526. The van der Waals surface area contributed by atoms with Crippen molar-refractivity contribution < 1.29 is 14.3 Å². The summed E-state index contributed by atoms with van der Waals surface area (Å²) in [5, 5.41) is 9.59. The quantitative estimate of drug-likeness (QED) is 0.483. The number of ether oxygens (including phenoxy) is 1. The largest absolute Gasteiger partial charge is 0.444 e. The number of hydrogen-bond acceptors (Lipinski definition) is 6. The second-order valence-corrected chi connectivity index (χ2v) is 12.3. The molecule has 40 heavy (non-hydrogen) atoms. The molecule has 3 aliphatic heterocycles. The van der Waals surface area contributed by atoms with E-state index in [-0.39, 0.29) is 18.0 Å². The lowest BCUT2D eigenvalue weighted by atomic mass is 9.96. The van der Waals surface area contributed by atoms with E-state index in [4.69, 9.17) is 9.84 Å². The van der Waals surface area contributed by atoms with Crippen LogP contribution >= 0.6 is 0 Å². The second kappa shape index (κ2) is 9.98. The van der Waals surface area contributed by atoms with Gasteiger partial charge in [-0.3, -0.25) is 14.2 Å². The normalized spacial score (nSPS) is 19.0. The van der Waals surface area contributed by atoms with E-state index in [2.05, 4.69) is 32.9 Å². The fourth-order valence-electron chi connectivity index (χ4n) is 6.22. The Labute approximate surface area is 235 Å². The molecule has 0 saturated carbocycles. The molecule has 10 heteroatoms. The lowest BCUT2D eigenvalue weighted by Crippen LogP contribution is -2.36. The molecule has 5 heterocycles. The third kappa shape index (κ3) is 4.95.